The summed E-state index contributed by atoms with van der Waals surface area (Å²) in [6.07, 6.45) is 9.67. The van der Waals surface area contributed by atoms with E-state index in [2.05, 4.69) is 27.1 Å². The van der Waals surface area contributed by atoms with Gasteiger partial charge in [-0.1, -0.05) is 6.92 Å². The SMILES string of the molecule is CCC(CN1CCCC1)Oc1nccnc1C1CCNCC1. The summed E-state index contributed by atoms with van der Waals surface area (Å²) < 4.78 is 6.27. The number of ether oxygens (including phenoxy) is 1. The lowest BCUT2D eigenvalue weighted by Crippen LogP contribution is -2.34. The van der Waals surface area contributed by atoms with E-state index in [-0.39, 0.29) is 6.10 Å². The van der Waals surface area contributed by atoms with Crippen molar-refractivity contribution in [3.63, 3.8) is 0 Å². The minimum atomic E-state index is 0.218. The van der Waals surface area contributed by atoms with Gasteiger partial charge in [-0.25, -0.2) is 4.98 Å². The zero-order chi connectivity index (χ0) is 15.2. The van der Waals surface area contributed by atoms with Crippen LogP contribution in [-0.2, 0) is 0 Å². The summed E-state index contributed by atoms with van der Waals surface area (Å²) in [4.78, 5) is 11.6. The number of hydrogen-bond acceptors (Lipinski definition) is 5. The molecule has 5 heteroatoms. The van der Waals surface area contributed by atoms with Gasteiger partial charge in [0, 0.05) is 24.9 Å². The second kappa shape index (κ2) is 7.88. The highest BCUT2D eigenvalue weighted by molar-refractivity contribution is 5.22. The third-order valence-corrected chi connectivity index (χ3v) is 4.81. The van der Waals surface area contributed by atoms with E-state index >= 15 is 0 Å². The molecule has 2 saturated heterocycles. The monoisotopic (exact) mass is 304 g/mol. The van der Waals surface area contributed by atoms with Gasteiger partial charge in [0.15, 0.2) is 0 Å². The number of rotatable bonds is 6. The first-order valence-electron chi connectivity index (χ1n) is 8.77. The van der Waals surface area contributed by atoms with Crippen molar-refractivity contribution in [3.05, 3.63) is 18.1 Å². The van der Waals surface area contributed by atoms with Crippen molar-refractivity contribution in [1.29, 1.82) is 0 Å². The fourth-order valence-corrected chi connectivity index (χ4v) is 3.46. The summed E-state index contributed by atoms with van der Waals surface area (Å²) in [7, 11) is 0. The molecular weight excluding hydrogens is 276 g/mol. The van der Waals surface area contributed by atoms with E-state index < -0.39 is 0 Å². The molecule has 1 unspecified atom stereocenters. The molecule has 2 aliphatic heterocycles. The van der Waals surface area contributed by atoms with Crippen LogP contribution in [0.1, 0.15) is 50.6 Å². The van der Waals surface area contributed by atoms with Crippen molar-refractivity contribution < 1.29 is 4.74 Å². The molecule has 0 aliphatic carbocycles. The highest BCUT2D eigenvalue weighted by atomic mass is 16.5. The van der Waals surface area contributed by atoms with Crippen molar-refractivity contribution in [3.8, 4) is 5.88 Å². The van der Waals surface area contributed by atoms with E-state index in [0.717, 1.165) is 50.5 Å². The maximum atomic E-state index is 6.27. The molecule has 3 heterocycles. The fourth-order valence-electron chi connectivity index (χ4n) is 3.46. The van der Waals surface area contributed by atoms with Crippen LogP contribution in [0.2, 0.25) is 0 Å². The average molecular weight is 304 g/mol. The molecule has 2 fully saturated rings. The molecule has 0 aromatic carbocycles. The smallest absolute Gasteiger partial charge is 0.236 e. The van der Waals surface area contributed by atoms with Crippen LogP contribution in [0.3, 0.4) is 0 Å². The third-order valence-electron chi connectivity index (χ3n) is 4.81. The van der Waals surface area contributed by atoms with E-state index in [1.165, 1.54) is 25.9 Å². The Morgan fingerprint density at radius 3 is 2.68 bits per heavy atom. The molecule has 122 valence electrons. The molecule has 1 aromatic rings. The second-order valence-electron chi connectivity index (χ2n) is 6.43. The van der Waals surface area contributed by atoms with E-state index in [0.29, 0.717) is 5.92 Å². The normalized spacial score (nSPS) is 21.9. The first kappa shape index (κ1) is 15.7. The number of likely N-dealkylation sites (tertiary alicyclic amines) is 1. The zero-order valence-corrected chi connectivity index (χ0v) is 13.6. The van der Waals surface area contributed by atoms with E-state index in [9.17, 15) is 0 Å². The highest BCUT2D eigenvalue weighted by Crippen LogP contribution is 2.30. The number of nitrogens with one attached hydrogen (secondary N) is 1. The Kier molecular flexibility index (Phi) is 5.62. The molecule has 0 radical (unpaired) electrons. The van der Waals surface area contributed by atoms with Crippen molar-refractivity contribution in [1.82, 2.24) is 20.2 Å². The van der Waals surface area contributed by atoms with Gasteiger partial charge >= 0.3 is 0 Å². The average Bonchev–Trinajstić information content (AvgIpc) is 3.08. The molecule has 2 aliphatic rings. The van der Waals surface area contributed by atoms with Crippen molar-refractivity contribution in [2.24, 2.45) is 0 Å². The Hall–Kier alpha value is -1.20. The number of nitrogens with zero attached hydrogens (tertiary/aromatic N) is 3. The van der Waals surface area contributed by atoms with Gasteiger partial charge in [0.05, 0.1) is 0 Å². The number of hydrogen-bond donors (Lipinski definition) is 1. The van der Waals surface area contributed by atoms with Crippen LogP contribution < -0.4 is 10.1 Å². The lowest BCUT2D eigenvalue weighted by molar-refractivity contribution is 0.135. The van der Waals surface area contributed by atoms with Crippen molar-refractivity contribution in [2.45, 2.75) is 51.0 Å². The molecule has 1 N–H and O–H groups in total. The fraction of sp³-hybridized carbons (Fsp3) is 0.765. The molecule has 1 aromatic heterocycles. The second-order valence-corrected chi connectivity index (χ2v) is 6.43. The van der Waals surface area contributed by atoms with E-state index in [4.69, 9.17) is 4.74 Å². The quantitative estimate of drug-likeness (QED) is 0.873. The maximum Gasteiger partial charge on any atom is 0.236 e. The summed E-state index contributed by atoms with van der Waals surface area (Å²) in [5.74, 6) is 1.25. The standard InChI is InChI=1S/C17H28N4O/c1-2-15(13-21-11-3-4-12-21)22-17-16(19-9-10-20-17)14-5-7-18-8-6-14/h9-10,14-15,18H,2-8,11-13H2,1H3. The molecule has 22 heavy (non-hydrogen) atoms. The lowest BCUT2D eigenvalue weighted by Gasteiger charge is -2.26. The molecule has 0 bridgehead atoms. The number of aromatic nitrogens is 2. The van der Waals surface area contributed by atoms with Crippen LogP contribution in [0.15, 0.2) is 12.4 Å². The Bertz CT molecular complexity index is 456. The van der Waals surface area contributed by atoms with E-state index in [1.54, 1.807) is 12.4 Å². The van der Waals surface area contributed by atoms with Crippen LogP contribution in [0.5, 0.6) is 5.88 Å². The topological polar surface area (TPSA) is 50.3 Å². The molecular formula is C17H28N4O. The van der Waals surface area contributed by atoms with Crippen LogP contribution >= 0.6 is 0 Å². The van der Waals surface area contributed by atoms with Crippen LogP contribution in [0.4, 0.5) is 0 Å². The summed E-state index contributed by atoms with van der Waals surface area (Å²) in [5, 5.41) is 3.41. The Balaban J connectivity index is 1.67. The Morgan fingerprint density at radius 2 is 1.95 bits per heavy atom. The zero-order valence-electron chi connectivity index (χ0n) is 13.6. The Labute approximate surface area is 133 Å². The molecule has 0 spiro atoms. The van der Waals surface area contributed by atoms with Gasteiger partial charge < -0.3 is 10.1 Å². The highest BCUT2D eigenvalue weighted by Gasteiger charge is 2.24. The molecule has 0 saturated carbocycles. The minimum absolute atomic E-state index is 0.218. The van der Waals surface area contributed by atoms with Gasteiger partial charge in [0.25, 0.3) is 0 Å². The van der Waals surface area contributed by atoms with E-state index in [1.807, 2.05) is 0 Å². The molecule has 5 nitrogen and oxygen atoms in total. The third kappa shape index (κ3) is 3.96. The van der Waals surface area contributed by atoms with Gasteiger partial charge in [-0.15, -0.1) is 0 Å². The van der Waals surface area contributed by atoms with Crippen molar-refractivity contribution in [2.75, 3.05) is 32.7 Å². The summed E-state index contributed by atoms with van der Waals surface area (Å²) in [6, 6.07) is 0. The van der Waals surface area contributed by atoms with Crippen molar-refractivity contribution >= 4 is 0 Å². The minimum Gasteiger partial charge on any atom is -0.472 e. The first-order chi connectivity index (χ1) is 10.9. The summed E-state index contributed by atoms with van der Waals surface area (Å²) in [6.45, 7) is 7.75. The van der Waals surface area contributed by atoms with Gasteiger partial charge in [-0.3, -0.25) is 9.88 Å². The summed E-state index contributed by atoms with van der Waals surface area (Å²) in [5.41, 5.74) is 1.06. The van der Waals surface area contributed by atoms with Gasteiger partial charge in [-0.05, 0) is 58.3 Å². The molecule has 1 atom stereocenters. The Morgan fingerprint density at radius 1 is 1.23 bits per heavy atom. The maximum absolute atomic E-state index is 6.27. The summed E-state index contributed by atoms with van der Waals surface area (Å²) >= 11 is 0. The van der Waals surface area contributed by atoms with Crippen LogP contribution in [-0.4, -0.2) is 53.7 Å². The van der Waals surface area contributed by atoms with Crippen LogP contribution in [0, 0.1) is 0 Å². The van der Waals surface area contributed by atoms with Gasteiger partial charge in [0.2, 0.25) is 5.88 Å². The predicted octanol–water partition coefficient (Wildman–Crippen LogP) is 2.20. The largest absolute Gasteiger partial charge is 0.472 e. The molecule has 3 rings (SSSR count). The molecule has 0 amide bonds. The van der Waals surface area contributed by atoms with Crippen LogP contribution in [0.25, 0.3) is 0 Å². The van der Waals surface area contributed by atoms with Gasteiger partial charge in [0.1, 0.15) is 11.8 Å². The number of piperidine rings is 1. The van der Waals surface area contributed by atoms with Gasteiger partial charge in [-0.2, -0.15) is 0 Å². The lowest BCUT2D eigenvalue weighted by atomic mass is 9.94. The first-order valence-corrected chi connectivity index (χ1v) is 8.77. The predicted molar refractivity (Wildman–Crippen MR) is 87.3 cm³/mol.